The number of benzene rings is 2. The Bertz CT molecular complexity index is 1050. The van der Waals surface area contributed by atoms with Crippen LogP contribution in [-0.4, -0.2) is 49.1 Å². The molecule has 0 spiro atoms. The number of hydrogen-bond acceptors (Lipinski definition) is 5. The summed E-state index contributed by atoms with van der Waals surface area (Å²) in [6.07, 6.45) is 0.750. The van der Waals surface area contributed by atoms with Crippen LogP contribution in [0.2, 0.25) is 10.0 Å². The molecule has 2 aromatic rings. The van der Waals surface area contributed by atoms with E-state index >= 15 is 0 Å². The summed E-state index contributed by atoms with van der Waals surface area (Å²) < 4.78 is 19.1. The fourth-order valence-corrected chi connectivity index (χ4v) is 4.29. The van der Waals surface area contributed by atoms with E-state index in [1.807, 2.05) is 30.3 Å². The molecule has 182 valence electrons. The molecule has 0 bridgehead atoms. The van der Waals surface area contributed by atoms with Crippen molar-refractivity contribution in [2.45, 2.75) is 37.8 Å². The molecule has 3 rings (SSSR count). The lowest BCUT2D eigenvalue weighted by Crippen LogP contribution is -2.64. The van der Waals surface area contributed by atoms with E-state index in [2.05, 4.69) is 16.0 Å². The van der Waals surface area contributed by atoms with Crippen molar-refractivity contribution in [1.82, 2.24) is 16.0 Å². The van der Waals surface area contributed by atoms with Crippen LogP contribution in [0.5, 0.6) is 0 Å². The van der Waals surface area contributed by atoms with E-state index < -0.39 is 35.2 Å². The van der Waals surface area contributed by atoms with Gasteiger partial charge in [0.1, 0.15) is 17.4 Å². The summed E-state index contributed by atoms with van der Waals surface area (Å²) in [6, 6.07) is 10.3. The number of amides is 2. The van der Waals surface area contributed by atoms with Crippen LogP contribution in [0.15, 0.2) is 42.5 Å². The number of rotatable bonds is 8. The second kappa shape index (κ2) is 11.6. The molecule has 1 fully saturated rings. The zero-order valence-corrected chi connectivity index (χ0v) is 20.1. The average molecular weight is 510 g/mol. The molecule has 1 heterocycles. The highest BCUT2D eigenvalue weighted by molar-refractivity contribution is 6.36. The van der Waals surface area contributed by atoms with Crippen molar-refractivity contribution in [2.75, 3.05) is 19.7 Å². The van der Waals surface area contributed by atoms with E-state index in [0.717, 1.165) is 17.7 Å². The van der Waals surface area contributed by atoms with Crippen molar-refractivity contribution < 1.29 is 23.5 Å². The van der Waals surface area contributed by atoms with Gasteiger partial charge in [-0.2, -0.15) is 0 Å². The molecule has 2 aromatic carbocycles. The zero-order chi connectivity index (χ0) is 24.7. The molecule has 3 N–H and O–H groups in total. The molecule has 7 nitrogen and oxygen atoms in total. The lowest BCUT2D eigenvalue weighted by molar-refractivity contribution is -0.148. The van der Waals surface area contributed by atoms with Crippen LogP contribution in [0, 0.1) is 5.82 Å². The molecule has 0 aromatic heterocycles. The minimum Gasteiger partial charge on any atom is -0.464 e. The van der Waals surface area contributed by atoms with Crippen LogP contribution in [-0.2, 0) is 20.7 Å². The maximum Gasteiger partial charge on any atom is 0.328 e. The van der Waals surface area contributed by atoms with E-state index in [1.54, 1.807) is 6.92 Å². The van der Waals surface area contributed by atoms with E-state index in [9.17, 15) is 18.8 Å². The molecule has 0 saturated carbocycles. The minimum atomic E-state index is -1.33. The minimum absolute atomic E-state index is 0.0399. The van der Waals surface area contributed by atoms with Crippen LogP contribution in [0.1, 0.15) is 35.7 Å². The van der Waals surface area contributed by atoms with Gasteiger partial charge in [0.15, 0.2) is 0 Å². The topological polar surface area (TPSA) is 96.5 Å². The lowest BCUT2D eigenvalue weighted by atomic mass is 9.86. The van der Waals surface area contributed by atoms with Gasteiger partial charge < -0.3 is 20.7 Å². The summed E-state index contributed by atoms with van der Waals surface area (Å²) in [7, 11) is 0. The first-order valence-electron chi connectivity index (χ1n) is 10.9. The van der Waals surface area contributed by atoms with E-state index in [4.69, 9.17) is 27.9 Å². The van der Waals surface area contributed by atoms with Gasteiger partial charge in [-0.25, -0.2) is 9.18 Å². The number of halogens is 3. The van der Waals surface area contributed by atoms with Crippen molar-refractivity contribution in [1.29, 1.82) is 0 Å². The van der Waals surface area contributed by atoms with Gasteiger partial charge in [0, 0.05) is 6.42 Å². The highest BCUT2D eigenvalue weighted by atomic mass is 35.5. The molecule has 0 radical (unpaired) electrons. The van der Waals surface area contributed by atoms with Gasteiger partial charge in [-0.05, 0) is 50.6 Å². The van der Waals surface area contributed by atoms with Crippen molar-refractivity contribution in [2.24, 2.45) is 0 Å². The second-order valence-corrected chi connectivity index (χ2v) is 8.81. The first-order valence-corrected chi connectivity index (χ1v) is 11.7. The summed E-state index contributed by atoms with van der Waals surface area (Å²) in [5.74, 6) is -2.61. The number of piperidine rings is 1. The third-order valence-corrected chi connectivity index (χ3v) is 6.26. The number of ether oxygens (including phenoxy) is 1. The van der Waals surface area contributed by atoms with Gasteiger partial charge in [0.05, 0.1) is 22.2 Å². The summed E-state index contributed by atoms with van der Waals surface area (Å²) in [6.45, 7) is 2.76. The second-order valence-electron chi connectivity index (χ2n) is 8.00. The predicted molar refractivity (Wildman–Crippen MR) is 127 cm³/mol. The molecule has 10 heteroatoms. The van der Waals surface area contributed by atoms with Gasteiger partial charge in [-0.15, -0.1) is 0 Å². The number of esters is 1. The Labute approximate surface area is 207 Å². The average Bonchev–Trinajstić information content (AvgIpc) is 2.82. The van der Waals surface area contributed by atoms with Gasteiger partial charge in [-0.1, -0.05) is 53.5 Å². The molecule has 2 amide bonds. The van der Waals surface area contributed by atoms with Crippen LogP contribution >= 0.6 is 23.2 Å². The Morgan fingerprint density at radius 1 is 1.12 bits per heavy atom. The number of nitrogens with one attached hydrogen (secondary N) is 3. The summed E-state index contributed by atoms with van der Waals surface area (Å²) in [5, 5.41) is 8.40. The van der Waals surface area contributed by atoms with Gasteiger partial charge >= 0.3 is 5.97 Å². The van der Waals surface area contributed by atoms with Crippen LogP contribution in [0.4, 0.5) is 4.39 Å². The fourth-order valence-electron chi connectivity index (χ4n) is 3.83. The van der Waals surface area contributed by atoms with Crippen molar-refractivity contribution in [3.8, 4) is 0 Å². The van der Waals surface area contributed by atoms with E-state index in [1.165, 1.54) is 0 Å². The first kappa shape index (κ1) is 25.9. The molecule has 1 unspecified atom stereocenters. The quantitative estimate of drug-likeness (QED) is 0.374. The molecule has 1 atom stereocenters. The zero-order valence-electron chi connectivity index (χ0n) is 18.6. The fraction of sp³-hybridized carbons (Fsp3) is 0.375. The Morgan fingerprint density at radius 2 is 1.79 bits per heavy atom. The molecular weight excluding hydrogens is 484 g/mol. The summed E-state index contributed by atoms with van der Waals surface area (Å²) in [5.41, 5.74) is -0.628. The lowest BCUT2D eigenvalue weighted by Gasteiger charge is -2.38. The highest BCUT2D eigenvalue weighted by Gasteiger charge is 2.43. The standard InChI is InChI=1S/C24H26Cl2FN3O4/c1-2-34-22(32)20(12-15-6-4-3-5-7-15)29-23(33)24(8-10-28-11-9-24)30-21(31)16-13-19(27)18(26)14-17(16)25/h3-7,13-14,20,28H,2,8-12H2,1H3,(H,29,33)(H,30,31). The van der Waals surface area contributed by atoms with Crippen molar-refractivity contribution >= 4 is 41.0 Å². The number of carbonyl (C=O) groups is 3. The van der Waals surface area contributed by atoms with Crippen LogP contribution in [0.3, 0.4) is 0 Å². The smallest absolute Gasteiger partial charge is 0.328 e. The maximum atomic E-state index is 14.0. The largest absolute Gasteiger partial charge is 0.464 e. The van der Waals surface area contributed by atoms with Gasteiger partial charge in [-0.3, -0.25) is 9.59 Å². The third-order valence-electron chi connectivity index (χ3n) is 5.66. The molecule has 34 heavy (non-hydrogen) atoms. The van der Waals surface area contributed by atoms with E-state index in [-0.39, 0.29) is 41.5 Å². The van der Waals surface area contributed by atoms with Crippen molar-refractivity contribution in [3.63, 3.8) is 0 Å². The van der Waals surface area contributed by atoms with Crippen LogP contribution in [0.25, 0.3) is 0 Å². The normalized spacial score (nSPS) is 15.8. The Kier molecular flexibility index (Phi) is 8.88. The van der Waals surface area contributed by atoms with E-state index in [0.29, 0.717) is 13.1 Å². The maximum absolute atomic E-state index is 14.0. The predicted octanol–water partition coefficient (Wildman–Crippen LogP) is 3.28. The third kappa shape index (κ3) is 6.25. The highest BCUT2D eigenvalue weighted by Crippen LogP contribution is 2.26. The Hall–Kier alpha value is -2.68. The first-order chi connectivity index (χ1) is 16.3. The number of carbonyl (C=O) groups excluding carboxylic acids is 3. The summed E-state index contributed by atoms with van der Waals surface area (Å²) in [4.78, 5) is 39.2. The monoisotopic (exact) mass is 509 g/mol. The van der Waals surface area contributed by atoms with Crippen LogP contribution < -0.4 is 16.0 Å². The molecule has 1 aliphatic rings. The molecule has 1 saturated heterocycles. The van der Waals surface area contributed by atoms with Gasteiger partial charge in [0.25, 0.3) is 5.91 Å². The SMILES string of the molecule is CCOC(=O)C(Cc1ccccc1)NC(=O)C1(NC(=O)c2cc(F)c(Cl)cc2Cl)CCNCC1. The van der Waals surface area contributed by atoms with Crippen molar-refractivity contribution in [3.05, 3.63) is 69.5 Å². The molecule has 1 aliphatic heterocycles. The Balaban J connectivity index is 1.85. The summed E-state index contributed by atoms with van der Waals surface area (Å²) >= 11 is 11.8. The molecule has 0 aliphatic carbocycles. The van der Waals surface area contributed by atoms with Gasteiger partial charge in [0.2, 0.25) is 5.91 Å². The molecular formula is C24H26Cl2FN3O4. The number of hydrogen-bond donors (Lipinski definition) is 3. The Morgan fingerprint density at radius 3 is 2.44 bits per heavy atom.